The molecule has 0 radical (unpaired) electrons. The number of fused-ring (bicyclic) bond motifs is 1. The van der Waals surface area contributed by atoms with Gasteiger partial charge in [0.15, 0.2) is 0 Å². The number of aliphatic carboxylic acids is 1. The van der Waals surface area contributed by atoms with Crippen molar-refractivity contribution in [2.45, 2.75) is 44.6 Å². The van der Waals surface area contributed by atoms with Gasteiger partial charge in [0.25, 0.3) is 0 Å². The lowest BCUT2D eigenvalue weighted by Crippen LogP contribution is -2.36. The quantitative estimate of drug-likeness (QED) is 0.898. The third-order valence-electron chi connectivity index (χ3n) is 4.90. The fourth-order valence-corrected chi connectivity index (χ4v) is 3.60. The highest BCUT2D eigenvalue weighted by Gasteiger charge is 2.31. The van der Waals surface area contributed by atoms with Crippen molar-refractivity contribution in [3.05, 3.63) is 35.4 Å². The third kappa shape index (κ3) is 2.94. The molecule has 0 heterocycles. The Morgan fingerprint density at radius 1 is 1.00 bits per heavy atom. The standard InChI is InChI=1S/C17H21NO3/c19-16(12-5-7-13(8-6-12)17(20)21)18-15-10-9-11-3-1-2-4-14(11)15/h1-4,12-13,15H,5-10H2,(H,18,19)(H,20,21). The molecule has 1 saturated carbocycles. The molecule has 1 aromatic rings. The predicted octanol–water partition coefficient (Wildman–Crippen LogP) is 2.68. The first-order chi connectivity index (χ1) is 10.1. The fraction of sp³-hybridized carbons (Fsp3) is 0.529. The van der Waals surface area contributed by atoms with Crippen molar-refractivity contribution in [2.75, 3.05) is 0 Å². The Balaban J connectivity index is 1.57. The van der Waals surface area contributed by atoms with E-state index >= 15 is 0 Å². The Kier molecular flexibility index (Phi) is 3.95. The molecule has 1 fully saturated rings. The molecule has 4 heteroatoms. The Hall–Kier alpha value is -1.84. The highest BCUT2D eigenvalue weighted by atomic mass is 16.4. The van der Waals surface area contributed by atoms with Crippen molar-refractivity contribution < 1.29 is 14.7 Å². The van der Waals surface area contributed by atoms with Gasteiger partial charge in [-0.05, 0) is 49.7 Å². The molecule has 3 rings (SSSR count). The molecule has 0 bridgehead atoms. The molecule has 2 aliphatic rings. The number of carboxylic acids is 1. The van der Waals surface area contributed by atoms with Gasteiger partial charge in [-0.15, -0.1) is 0 Å². The Morgan fingerprint density at radius 2 is 1.67 bits per heavy atom. The number of hydrogen-bond acceptors (Lipinski definition) is 2. The summed E-state index contributed by atoms with van der Waals surface area (Å²) in [5, 5.41) is 12.2. The van der Waals surface area contributed by atoms with Gasteiger partial charge in [-0.25, -0.2) is 0 Å². The zero-order valence-corrected chi connectivity index (χ0v) is 12.0. The minimum absolute atomic E-state index is 0.0200. The van der Waals surface area contributed by atoms with E-state index in [0.717, 1.165) is 12.8 Å². The second kappa shape index (κ2) is 5.88. The number of benzene rings is 1. The van der Waals surface area contributed by atoms with Gasteiger partial charge in [-0.3, -0.25) is 9.59 Å². The van der Waals surface area contributed by atoms with Crippen molar-refractivity contribution in [2.24, 2.45) is 11.8 Å². The summed E-state index contributed by atoms with van der Waals surface area (Å²) >= 11 is 0. The molecule has 21 heavy (non-hydrogen) atoms. The molecule has 0 saturated heterocycles. The molecule has 1 aromatic carbocycles. The second-order valence-electron chi connectivity index (χ2n) is 6.19. The predicted molar refractivity (Wildman–Crippen MR) is 78.7 cm³/mol. The van der Waals surface area contributed by atoms with E-state index in [-0.39, 0.29) is 23.8 Å². The van der Waals surface area contributed by atoms with Crippen molar-refractivity contribution in [1.29, 1.82) is 0 Å². The van der Waals surface area contributed by atoms with E-state index in [9.17, 15) is 9.59 Å². The monoisotopic (exact) mass is 287 g/mol. The maximum absolute atomic E-state index is 12.4. The van der Waals surface area contributed by atoms with Crippen LogP contribution in [0.5, 0.6) is 0 Å². The number of aryl methyl sites for hydroxylation is 1. The normalized spacial score (nSPS) is 27.9. The summed E-state index contributed by atoms with van der Waals surface area (Å²) in [5.41, 5.74) is 2.57. The van der Waals surface area contributed by atoms with Crippen LogP contribution in [-0.4, -0.2) is 17.0 Å². The number of hydrogen-bond donors (Lipinski definition) is 2. The van der Waals surface area contributed by atoms with E-state index in [1.54, 1.807) is 0 Å². The SMILES string of the molecule is O=C(O)C1CCC(C(=O)NC2CCc3ccccc32)CC1. The van der Waals surface area contributed by atoms with E-state index in [1.165, 1.54) is 11.1 Å². The van der Waals surface area contributed by atoms with E-state index < -0.39 is 5.97 Å². The highest BCUT2D eigenvalue weighted by Crippen LogP contribution is 2.33. The largest absolute Gasteiger partial charge is 0.481 e. The van der Waals surface area contributed by atoms with E-state index in [0.29, 0.717) is 25.7 Å². The van der Waals surface area contributed by atoms with Crippen LogP contribution in [0.1, 0.15) is 49.3 Å². The van der Waals surface area contributed by atoms with Crippen molar-refractivity contribution >= 4 is 11.9 Å². The Morgan fingerprint density at radius 3 is 2.38 bits per heavy atom. The smallest absolute Gasteiger partial charge is 0.306 e. The van der Waals surface area contributed by atoms with Crippen LogP contribution in [0.4, 0.5) is 0 Å². The number of nitrogens with one attached hydrogen (secondary N) is 1. The fourth-order valence-electron chi connectivity index (χ4n) is 3.60. The summed E-state index contributed by atoms with van der Waals surface area (Å²) in [6.45, 7) is 0. The van der Waals surface area contributed by atoms with Gasteiger partial charge in [0.1, 0.15) is 0 Å². The molecule has 1 atom stereocenters. The molecule has 2 N–H and O–H groups in total. The van der Waals surface area contributed by atoms with Gasteiger partial charge in [-0.1, -0.05) is 24.3 Å². The number of rotatable bonds is 3. The van der Waals surface area contributed by atoms with E-state index in [4.69, 9.17) is 5.11 Å². The number of carbonyl (C=O) groups is 2. The van der Waals surface area contributed by atoms with Crippen LogP contribution < -0.4 is 5.32 Å². The van der Waals surface area contributed by atoms with Gasteiger partial charge < -0.3 is 10.4 Å². The minimum atomic E-state index is -0.724. The van der Waals surface area contributed by atoms with Crippen LogP contribution in [0.2, 0.25) is 0 Å². The van der Waals surface area contributed by atoms with Gasteiger partial charge in [0, 0.05) is 5.92 Å². The lowest BCUT2D eigenvalue weighted by Gasteiger charge is -2.26. The highest BCUT2D eigenvalue weighted by molar-refractivity contribution is 5.80. The molecular formula is C17H21NO3. The minimum Gasteiger partial charge on any atom is -0.481 e. The molecule has 4 nitrogen and oxygen atoms in total. The van der Waals surface area contributed by atoms with E-state index in [2.05, 4.69) is 17.4 Å². The lowest BCUT2D eigenvalue weighted by molar-refractivity contribution is -0.144. The second-order valence-corrected chi connectivity index (χ2v) is 6.19. The van der Waals surface area contributed by atoms with Gasteiger partial charge >= 0.3 is 5.97 Å². The molecule has 2 aliphatic carbocycles. The molecule has 0 aromatic heterocycles. The van der Waals surface area contributed by atoms with Crippen LogP contribution in [0.25, 0.3) is 0 Å². The van der Waals surface area contributed by atoms with Gasteiger partial charge in [0.2, 0.25) is 5.91 Å². The zero-order valence-electron chi connectivity index (χ0n) is 12.0. The first-order valence-electron chi connectivity index (χ1n) is 7.76. The van der Waals surface area contributed by atoms with Gasteiger partial charge in [0.05, 0.1) is 12.0 Å². The average Bonchev–Trinajstić information content (AvgIpc) is 2.91. The van der Waals surface area contributed by atoms with Crippen LogP contribution >= 0.6 is 0 Å². The molecule has 0 spiro atoms. The van der Waals surface area contributed by atoms with Crippen LogP contribution in [0, 0.1) is 11.8 Å². The van der Waals surface area contributed by atoms with Crippen molar-refractivity contribution in [3.8, 4) is 0 Å². The summed E-state index contributed by atoms with van der Waals surface area (Å²) in [5.74, 6) is -0.909. The first-order valence-corrected chi connectivity index (χ1v) is 7.76. The topological polar surface area (TPSA) is 66.4 Å². The van der Waals surface area contributed by atoms with Crippen molar-refractivity contribution in [1.82, 2.24) is 5.32 Å². The summed E-state index contributed by atoms with van der Waals surface area (Å²) in [7, 11) is 0. The average molecular weight is 287 g/mol. The maximum Gasteiger partial charge on any atom is 0.306 e. The number of carboxylic acid groups (broad SMARTS) is 1. The van der Waals surface area contributed by atoms with Crippen LogP contribution in [-0.2, 0) is 16.0 Å². The molecule has 1 amide bonds. The van der Waals surface area contributed by atoms with Crippen LogP contribution in [0.3, 0.4) is 0 Å². The summed E-state index contributed by atoms with van der Waals surface area (Å²) in [6, 6.07) is 8.40. The van der Waals surface area contributed by atoms with Crippen molar-refractivity contribution in [3.63, 3.8) is 0 Å². The molecule has 0 aliphatic heterocycles. The number of amides is 1. The summed E-state index contributed by atoms with van der Waals surface area (Å²) < 4.78 is 0. The third-order valence-corrected chi connectivity index (χ3v) is 4.90. The first kappa shape index (κ1) is 14.1. The maximum atomic E-state index is 12.4. The number of carbonyl (C=O) groups excluding carboxylic acids is 1. The summed E-state index contributed by atoms with van der Waals surface area (Å²) in [4.78, 5) is 23.3. The summed E-state index contributed by atoms with van der Waals surface area (Å²) in [6.07, 6.45) is 4.61. The van der Waals surface area contributed by atoms with E-state index in [1.807, 2.05) is 12.1 Å². The van der Waals surface area contributed by atoms with Crippen LogP contribution in [0.15, 0.2) is 24.3 Å². The molecular weight excluding hydrogens is 266 g/mol. The molecule has 1 unspecified atom stereocenters. The molecule has 112 valence electrons. The lowest BCUT2D eigenvalue weighted by atomic mass is 9.81. The Bertz CT molecular complexity index is 547. The van der Waals surface area contributed by atoms with Gasteiger partial charge in [-0.2, -0.15) is 0 Å². The zero-order chi connectivity index (χ0) is 14.8. The Labute approximate surface area is 124 Å².